The quantitative estimate of drug-likeness (QED) is 0.799. The summed E-state index contributed by atoms with van der Waals surface area (Å²) in [5, 5.41) is 3.12. The van der Waals surface area contributed by atoms with Gasteiger partial charge in [0, 0.05) is 18.1 Å². The summed E-state index contributed by atoms with van der Waals surface area (Å²) in [4.78, 5) is 22.7. The van der Waals surface area contributed by atoms with Crippen LogP contribution in [0.1, 0.15) is 16.2 Å². The number of carbonyl (C=O) groups excluding carboxylic acids is 1. The van der Waals surface area contributed by atoms with Crippen LogP contribution < -0.4 is 11.1 Å². The van der Waals surface area contributed by atoms with Gasteiger partial charge in [-0.15, -0.1) is 0 Å². The lowest BCUT2D eigenvalue weighted by Crippen LogP contribution is -2.13. The van der Waals surface area contributed by atoms with Gasteiger partial charge in [0.15, 0.2) is 0 Å². The maximum atomic E-state index is 10.9. The number of primary amides is 1. The summed E-state index contributed by atoms with van der Waals surface area (Å²) in [6.07, 6.45) is 4.69. The second kappa shape index (κ2) is 5.02. The molecule has 6 nitrogen and oxygen atoms in total. The third kappa shape index (κ3) is 2.97. The topological polar surface area (TPSA) is 93.8 Å². The number of rotatable bonds is 4. The number of nitrogens with two attached hydrogens (primary N) is 1. The molecule has 0 aromatic carbocycles. The number of anilines is 1. The molecular formula is C11H11N5O. The van der Waals surface area contributed by atoms with E-state index in [-0.39, 0.29) is 5.69 Å². The SMILES string of the molecule is NC(=O)c1cc(NCc2ccncn2)ccn1. The van der Waals surface area contributed by atoms with Gasteiger partial charge in [-0.2, -0.15) is 0 Å². The van der Waals surface area contributed by atoms with Crippen LogP contribution in [0.5, 0.6) is 0 Å². The smallest absolute Gasteiger partial charge is 0.267 e. The summed E-state index contributed by atoms with van der Waals surface area (Å²) in [5.41, 5.74) is 7.00. The minimum absolute atomic E-state index is 0.234. The molecule has 6 heteroatoms. The van der Waals surface area contributed by atoms with E-state index in [1.165, 1.54) is 12.5 Å². The molecule has 0 saturated heterocycles. The number of pyridine rings is 1. The van der Waals surface area contributed by atoms with Crippen molar-refractivity contribution >= 4 is 11.6 Å². The van der Waals surface area contributed by atoms with Crippen molar-refractivity contribution in [3.8, 4) is 0 Å². The fraction of sp³-hybridized carbons (Fsp3) is 0.0909. The number of hydrogen-bond acceptors (Lipinski definition) is 5. The maximum Gasteiger partial charge on any atom is 0.267 e. The summed E-state index contributed by atoms with van der Waals surface area (Å²) < 4.78 is 0. The fourth-order valence-electron chi connectivity index (χ4n) is 1.29. The first-order valence-electron chi connectivity index (χ1n) is 5.00. The highest BCUT2D eigenvalue weighted by Gasteiger charge is 2.02. The molecule has 1 amide bonds. The molecule has 86 valence electrons. The molecule has 0 spiro atoms. The highest BCUT2D eigenvalue weighted by Crippen LogP contribution is 2.08. The van der Waals surface area contributed by atoms with E-state index in [4.69, 9.17) is 5.73 Å². The van der Waals surface area contributed by atoms with E-state index in [0.717, 1.165) is 11.4 Å². The van der Waals surface area contributed by atoms with Crippen LogP contribution >= 0.6 is 0 Å². The molecule has 0 aliphatic heterocycles. The molecule has 17 heavy (non-hydrogen) atoms. The number of nitrogens with one attached hydrogen (secondary N) is 1. The van der Waals surface area contributed by atoms with E-state index in [2.05, 4.69) is 20.3 Å². The lowest BCUT2D eigenvalue weighted by molar-refractivity contribution is 0.0995. The van der Waals surface area contributed by atoms with Crippen molar-refractivity contribution in [3.05, 3.63) is 48.3 Å². The molecule has 0 bridgehead atoms. The molecular weight excluding hydrogens is 218 g/mol. The number of hydrogen-bond donors (Lipinski definition) is 2. The minimum atomic E-state index is -0.546. The highest BCUT2D eigenvalue weighted by molar-refractivity contribution is 5.91. The fourth-order valence-corrected chi connectivity index (χ4v) is 1.29. The van der Waals surface area contributed by atoms with E-state index in [0.29, 0.717) is 6.54 Å². The second-order valence-corrected chi connectivity index (χ2v) is 3.35. The Kier molecular flexibility index (Phi) is 3.25. The Bertz CT molecular complexity index is 514. The highest BCUT2D eigenvalue weighted by atomic mass is 16.1. The average Bonchev–Trinajstić information content (AvgIpc) is 2.38. The predicted octanol–water partition coefficient (Wildman–Crippen LogP) is 0.583. The molecule has 2 aromatic rings. The first kappa shape index (κ1) is 11.0. The molecule has 2 heterocycles. The minimum Gasteiger partial charge on any atom is -0.379 e. The van der Waals surface area contributed by atoms with E-state index < -0.39 is 5.91 Å². The Morgan fingerprint density at radius 1 is 1.29 bits per heavy atom. The van der Waals surface area contributed by atoms with Crippen LogP contribution in [0.2, 0.25) is 0 Å². The summed E-state index contributed by atoms with van der Waals surface area (Å²) in [7, 11) is 0. The van der Waals surface area contributed by atoms with Gasteiger partial charge in [0.1, 0.15) is 12.0 Å². The van der Waals surface area contributed by atoms with Gasteiger partial charge in [-0.3, -0.25) is 9.78 Å². The Morgan fingerprint density at radius 2 is 2.18 bits per heavy atom. The van der Waals surface area contributed by atoms with Crippen LogP contribution in [0.4, 0.5) is 5.69 Å². The average molecular weight is 229 g/mol. The number of aromatic nitrogens is 3. The van der Waals surface area contributed by atoms with Crippen molar-refractivity contribution in [1.29, 1.82) is 0 Å². The summed E-state index contributed by atoms with van der Waals surface area (Å²) in [5.74, 6) is -0.546. The van der Waals surface area contributed by atoms with Crippen molar-refractivity contribution in [1.82, 2.24) is 15.0 Å². The molecule has 0 saturated carbocycles. The van der Waals surface area contributed by atoms with Gasteiger partial charge in [0.25, 0.3) is 5.91 Å². The first-order chi connectivity index (χ1) is 8.25. The Morgan fingerprint density at radius 3 is 2.88 bits per heavy atom. The monoisotopic (exact) mass is 229 g/mol. The number of carbonyl (C=O) groups is 1. The zero-order valence-electron chi connectivity index (χ0n) is 9.00. The van der Waals surface area contributed by atoms with Crippen molar-refractivity contribution in [3.63, 3.8) is 0 Å². The van der Waals surface area contributed by atoms with Gasteiger partial charge >= 0.3 is 0 Å². The van der Waals surface area contributed by atoms with Crippen molar-refractivity contribution < 1.29 is 4.79 Å². The van der Waals surface area contributed by atoms with E-state index in [9.17, 15) is 4.79 Å². The molecule has 2 rings (SSSR count). The molecule has 2 aromatic heterocycles. The zero-order valence-corrected chi connectivity index (χ0v) is 9.00. The van der Waals surface area contributed by atoms with Gasteiger partial charge in [-0.1, -0.05) is 0 Å². The van der Waals surface area contributed by atoms with E-state index >= 15 is 0 Å². The molecule has 0 atom stereocenters. The van der Waals surface area contributed by atoms with Crippen LogP contribution in [0.3, 0.4) is 0 Å². The Labute approximate surface area is 97.9 Å². The largest absolute Gasteiger partial charge is 0.379 e. The standard InChI is InChI=1S/C11H11N5O/c12-11(17)10-5-8(2-4-14-10)15-6-9-1-3-13-7-16-9/h1-5,7H,6H2,(H2,12,17)(H,14,15). The van der Waals surface area contributed by atoms with Gasteiger partial charge < -0.3 is 11.1 Å². The van der Waals surface area contributed by atoms with Crippen LogP contribution in [-0.4, -0.2) is 20.9 Å². The molecule has 3 N–H and O–H groups in total. The third-order valence-electron chi connectivity index (χ3n) is 2.13. The number of amides is 1. The van der Waals surface area contributed by atoms with Gasteiger partial charge in [-0.25, -0.2) is 9.97 Å². The Hall–Kier alpha value is -2.50. The lowest BCUT2D eigenvalue weighted by atomic mass is 10.3. The summed E-state index contributed by atoms with van der Waals surface area (Å²) in [6, 6.07) is 5.17. The molecule has 0 aliphatic carbocycles. The Balaban J connectivity index is 2.04. The number of nitrogens with zero attached hydrogens (tertiary/aromatic N) is 3. The summed E-state index contributed by atoms with van der Waals surface area (Å²) in [6.45, 7) is 0.546. The lowest BCUT2D eigenvalue weighted by Gasteiger charge is -2.05. The first-order valence-corrected chi connectivity index (χ1v) is 5.00. The van der Waals surface area contributed by atoms with Gasteiger partial charge in [0.05, 0.1) is 12.2 Å². The van der Waals surface area contributed by atoms with Crippen LogP contribution in [0.25, 0.3) is 0 Å². The predicted molar refractivity (Wildman–Crippen MR) is 62.1 cm³/mol. The van der Waals surface area contributed by atoms with Crippen LogP contribution in [0, 0.1) is 0 Å². The van der Waals surface area contributed by atoms with E-state index in [1.807, 2.05) is 6.07 Å². The molecule has 0 radical (unpaired) electrons. The second-order valence-electron chi connectivity index (χ2n) is 3.35. The molecule has 0 aliphatic rings. The van der Waals surface area contributed by atoms with Gasteiger partial charge in [0.2, 0.25) is 0 Å². The maximum absolute atomic E-state index is 10.9. The van der Waals surface area contributed by atoms with Gasteiger partial charge in [-0.05, 0) is 18.2 Å². The molecule has 0 fully saturated rings. The third-order valence-corrected chi connectivity index (χ3v) is 2.13. The normalized spacial score (nSPS) is 9.88. The van der Waals surface area contributed by atoms with Crippen LogP contribution in [-0.2, 0) is 6.54 Å². The summed E-state index contributed by atoms with van der Waals surface area (Å²) >= 11 is 0. The zero-order chi connectivity index (χ0) is 12.1. The van der Waals surface area contributed by atoms with Crippen molar-refractivity contribution in [2.45, 2.75) is 6.54 Å². The van der Waals surface area contributed by atoms with E-state index in [1.54, 1.807) is 18.3 Å². The molecule has 0 unspecified atom stereocenters. The van der Waals surface area contributed by atoms with Crippen molar-refractivity contribution in [2.24, 2.45) is 5.73 Å². The van der Waals surface area contributed by atoms with Crippen molar-refractivity contribution in [2.75, 3.05) is 5.32 Å². The van der Waals surface area contributed by atoms with Crippen LogP contribution in [0.15, 0.2) is 36.9 Å².